The maximum atomic E-state index is 9.06. The first-order valence-electron chi connectivity index (χ1n) is 8.98. The van der Waals surface area contributed by atoms with Gasteiger partial charge in [0.25, 0.3) is 0 Å². The lowest BCUT2D eigenvalue weighted by Gasteiger charge is -2.07. The molecule has 0 spiro atoms. The normalized spacial score (nSPS) is 10.6. The van der Waals surface area contributed by atoms with Crippen LogP contribution in [-0.2, 0) is 6.42 Å². The number of methoxy groups -OCH3 is 1. The molecule has 6 nitrogen and oxygen atoms in total. The largest absolute Gasteiger partial charge is 0.497 e. The van der Waals surface area contributed by atoms with Gasteiger partial charge in [-0.25, -0.2) is 9.97 Å². The van der Waals surface area contributed by atoms with Gasteiger partial charge in [0.1, 0.15) is 11.6 Å². The second-order valence-corrected chi connectivity index (χ2v) is 6.36. The average molecular weight is 369 g/mol. The number of nitrogens with one attached hydrogen (secondary N) is 2. The van der Waals surface area contributed by atoms with Crippen LogP contribution in [0.1, 0.15) is 11.1 Å². The van der Waals surface area contributed by atoms with Crippen molar-refractivity contribution >= 4 is 16.7 Å². The highest BCUT2D eigenvalue weighted by Gasteiger charge is 2.07. The monoisotopic (exact) mass is 369 g/mol. The van der Waals surface area contributed by atoms with Crippen molar-refractivity contribution in [3.8, 4) is 23.2 Å². The zero-order chi connectivity index (χ0) is 19.3. The van der Waals surface area contributed by atoms with Gasteiger partial charge >= 0.3 is 0 Å². The van der Waals surface area contributed by atoms with Gasteiger partial charge in [0, 0.05) is 35.4 Å². The smallest absolute Gasteiger partial charge is 0.161 e. The molecule has 2 aromatic carbocycles. The van der Waals surface area contributed by atoms with Gasteiger partial charge in [-0.05, 0) is 48.4 Å². The maximum absolute atomic E-state index is 9.06. The summed E-state index contributed by atoms with van der Waals surface area (Å²) in [5, 5.41) is 13.6. The Bertz CT molecular complexity index is 1160. The zero-order valence-corrected chi connectivity index (χ0v) is 15.4. The molecule has 0 amide bonds. The van der Waals surface area contributed by atoms with Crippen LogP contribution in [0.15, 0.2) is 60.9 Å². The molecule has 2 N–H and O–H groups in total. The van der Waals surface area contributed by atoms with Gasteiger partial charge in [0.15, 0.2) is 5.82 Å². The second-order valence-electron chi connectivity index (χ2n) is 6.36. The Morgan fingerprint density at radius 1 is 1.18 bits per heavy atom. The van der Waals surface area contributed by atoms with E-state index in [1.165, 1.54) is 5.56 Å². The lowest BCUT2D eigenvalue weighted by Crippen LogP contribution is -2.07. The van der Waals surface area contributed by atoms with E-state index in [-0.39, 0.29) is 0 Å². The fraction of sp³-hybridized carbons (Fsp3) is 0.136. The summed E-state index contributed by atoms with van der Waals surface area (Å²) in [7, 11) is 1.67. The lowest BCUT2D eigenvalue weighted by molar-refractivity contribution is 0.415. The molecule has 6 heteroatoms. The van der Waals surface area contributed by atoms with E-state index in [1.54, 1.807) is 25.4 Å². The number of nitriles is 1. The topological polar surface area (TPSA) is 86.6 Å². The standard InChI is InChI=1S/C22H19N5O/c1-28-18-5-6-20-19(12-18)17(14-26-20)7-9-24-21-8-10-25-22(27-21)16-4-2-3-15(11-16)13-23/h2-6,8,10-12,14,26H,7,9H2,1H3,(H,24,25,27). The summed E-state index contributed by atoms with van der Waals surface area (Å²) < 4.78 is 5.33. The van der Waals surface area contributed by atoms with Crippen molar-refractivity contribution in [1.82, 2.24) is 15.0 Å². The van der Waals surface area contributed by atoms with Crippen LogP contribution in [0.4, 0.5) is 5.82 Å². The number of hydrogen-bond donors (Lipinski definition) is 2. The summed E-state index contributed by atoms with van der Waals surface area (Å²) in [5.41, 5.74) is 3.73. The van der Waals surface area contributed by atoms with Gasteiger partial charge in [0.05, 0.1) is 18.7 Å². The van der Waals surface area contributed by atoms with Gasteiger partial charge in [-0.3, -0.25) is 0 Å². The summed E-state index contributed by atoms with van der Waals surface area (Å²) in [6.07, 6.45) is 4.60. The summed E-state index contributed by atoms with van der Waals surface area (Å²) in [4.78, 5) is 12.2. The minimum Gasteiger partial charge on any atom is -0.497 e. The molecule has 0 bridgehead atoms. The highest BCUT2D eigenvalue weighted by molar-refractivity contribution is 5.84. The van der Waals surface area contributed by atoms with Gasteiger partial charge in [0.2, 0.25) is 0 Å². The molecular weight excluding hydrogens is 350 g/mol. The van der Waals surface area contributed by atoms with Crippen molar-refractivity contribution in [2.24, 2.45) is 0 Å². The van der Waals surface area contributed by atoms with Crippen LogP contribution in [0.2, 0.25) is 0 Å². The molecule has 0 radical (unpaired) electrons. The van der Waals surface area contributed by atoms with Gasteiger partial charge < -0.3 is 15.0 Å². The second kappa shape index (κ2) is 7.80. The van der Waals surface area contributed by atoms with Crippen LogP contribution < -0.4 is 10.1 Å². The molecule has 0 aliphatic carbocycles. The van der Waals surface area contributed by atoms with E-state index in [9.17, 15) is 0 Å². The minimum atomic E-state index is 0.592. The molecule has 0 aliphatic rings. The number of aromatic nitrogens is 3. The molecule has 2 aromatic heterocycles. The number of benzene rings is 2. The Morgan fingerprint density at radius 3 is 2.96 bits per heavy atom. The number of aromatic amines is 1. The summed E-state index contributed by atoms with van der Waals surface area (Å²) in [6, 6.07) is 17.3. The highest BCUT2D eigenvalue weighted by atomic mass is 16.5. The van der Waals surface area contributed by atoms with Gasteiger partial charge in [-0.15, -0.1) is 0 Å². The molecule has 2 heterocycles. The Morgan fingerprint density at radius 2 is 2.11 bits per heavy atom. The molecule has 0 atom stereocenters. The first kappa shape index (κ1) is 17.6. The Hall–Kier alpha value is -3.85. The third-order valence-electron chi connectivity index (χ3n) is 4.58. The molecule has 4 aromatic rings. The molecule has 0 fully saturated rings. The summed E-state index contributed by atoms with van der Waals surface area (Å²) in [6.45, 7) is 0.735. The van der Waals surface area contributed by atoms with E-state index in [2.05, 4.69) is 26.3 Å². The number of fused-ring (bicyclic) bond motifs is 1. The van der Waals surface area contributed by atoms with E-state index in [1.807, 2.05) is 42.6 Å². The molecule has 28 heavy (non-hydrogen) atoms. The summed E-state index contributed by atoms with van der Waals surface area (Å²) >= 11 is 0. The number of hydrogen-bond acceptors (Lipinski definition) is 5. The summed E-state index contributed by atoms with van der Waals surface area (Å²) in [5.74, 6) is 2.20. The first-order chi connectivity index (χ1) is 13.8. The Balaban J connectivity index is 1.47. The van der Waals surface area contributed by atoms with Crippen LogP contribution >= 0.6 is 0 Å². The van der Waals surface area contributed by atoms with Gasteiger partial charge in [-0.2, -0.15) is 5.26 Å². The number of rotatable bonds is 6. The van der Waals surface area contributed by atoms with Crippen LogP contribution in [-0.4, -0.2) is 28.6 Å². The van der Waals surface area contributed by atoms with E-state index < -0.39 is 0 Å². The number of anilines is 1. The lowest BCUT2D eigenvalue weighted by atomic mass is 10.1. The molecular formula is C22H19N5O. The predicted octanol–water partition coefficient (Wildman–Crippen LogP) is 4.16. The van der Waals surface area contributed by atoms with E-state index in [4.69, 9.17) is 10.00 Å². The van der Waals surface area contributed by atoms with Crippen molar-refractivity contribution < 1.29 is 4.74 Å². The Labute approximate surface area is 162 Å². The van der Waals surface area contributed by atoms with Crippen LogP contribution in [0.25, 0.3) is 22.3 Å². The predicted molar refractivity (Wildman–Crippen MR) is 109 cm³/mol. The molecule has 0 saturated heterocycles. The van der Waals surface area contributed by atoms with Crippen molar-refractivity contribution in [3.63, 3.8) is 0 Å². The molecule has 4 rings (SSSR count). The number of nitrogens with zero attached hydrogens (tertiary/aromatic N) is 3. The number of ether oxygens (including phenoxy) is 1. The van der Waals surface area contributed by atoms with E-state index in [0.717, 1.165) is 41.0 Å². The van der Waals surface area contributed by atoms with E-state index in [0.29, 0.717) is 11.4 Å². The fourth-order valence-corrected chi connectivity index (χ4v) is 3.14. The van der Waals surface area contributed by atoms with Crippen molar-refractivity contribution in [2.75, 3.05) is 19.0 Å². The SMILES string of the molecule is COc1ccc2[nH]cc(CCNc3ccnc(-c4cccc(C#N)c4)n3)c2c1. The number of H-pyrrole nitrogens is 1. The average Bonchev–Trinajstić information content (AvgIpc) is 3.16. The zero-order valence-electron chi connectivity index (χ0n) is 15.4. The molecule has 0 unspecified atom stereocenters. The highest BCUT2D eigenvalue weighted by Crippen LogP contribution is 2.24. The van der Waals surface area contributed by atoms with Crippen molar-refractivity contribution in [3.05, 3.63) is 72.1 Å². The quantitative estimate of drug-likeness (QED) is 0.533. The third-order valence-corrected chi connectivity index (χ3v) is 4.58. The van der Waals surface area contributed by atoms with E-state index >= 15 is 0 Å². The maximum Gasteiger partial charge on any atom is 0.161 e. The van der Waals surface area contributed by atoms with Crippen molar-refractivity contribution in [1.29, 1.82) is 5.26 Å². The fourth-order valence-electron chi connectivity index (χ4n) is 3.14. The van der Waals surface area contributed by atoms with Gasteiger partial charge in [-0.1, -0.05) is 12.1 Å². The minimum absolute atomic E-state index is 0.592. The molecule has 0 saturated carbocycles. The molecule has 0 aliphatic heterocycles. The molecule has 138 valence electrons. The van der Waals surface area contributed by atoms with Crippen LogP contribution in [0, 0.1) is 11.3 Å². The first-order valence-corrected chi connectivity index (χ1v) is 8.98. The van der Waals surface area contributed by atoms with Crippen LogP contribution in [0.3, 0.4) is 0 Å². The third kappa shape index (κ3) is 3.64. The van der Waals surface area contributed by atoms with Crippen LogP contribution in [0.5, 0.6) is 5.75 Å². The Kier molecular flexibility index (Phi) is 4.89. The van der Waals surface area contributed by atoms with Crippen molar-refractivity contribution in [2.45, 2.75) is 6.42 Å².